The molecule has 1 rings (SSSR count). The molecule has 1 aromatic rings. The van der Waals surface area contributed by atoms with E-state index in [9.17, 15) is 0 Å². The van der Waals surface area contributed by atoms with E-state index in [4.69, 9.17) is 15.2 Å². The maximum Gasteiger partial charge on any atom is 0.216 e. The molecule has 1 aromatic heterocycles. The Morgan fingerprint density at radius 1 is 1.38 bits per heavy atom. The Hall–Kier alpha value is -1.29. The van der Waals surface area contributed by atoms with Crippen LogP contribution in [0.2, 0.25) is 0 Å². The summed E-state index contributed by atoms with van der Waals surface area (Å²) in [5, 5.41) is 0. The zero-order valence-electron chi connectivity index (χ0n) is 7.91. The van der Waals surface area contributed by atoms with E-state index in [1.54, 1.807) is 26.5 Å². The SMILES string of the molecule is COc1cc(OC)c(CCN)cn1. The number of ether oxygens (including phenoxy) is 2. The Kier molecular flexibility index (Phi) is 3.52. The van der Waals surface area contributed by atoms with Crippen LogP contribution >= 0.6 is 0 Å². The standard InChI is InChI=1S/C9H14N2O2/c1-12-8-5-9(13-2)11-6-7(8)3-4-10/h5-6H,3-4,10H2,1-2H3. The Morgan fingerprint density at radius 2 is 2.15 bits per heavy atom. The molecule has 0 spiro atoms. The third-order valence-electron chi connectivity index (χ3n) is 1.76. The Balaban J connectivity index is 2.93. The molecular formula is C9H14N2O2. The highest BCUT2D eigenvalue weighted by Gasteiger charge is 2.04. The van der Waals surface area contributed by atoms with E-state index in [2.05, 4.69) is 4.98 Å². The molecule has 0 amide bonds. The molecule has 1 heterocycles. The highest BCUT2D eigenvalue weighted by Crippen LogP contribution is 2.21. The summed E-state index contributed by atoms with van der Waals surface area (Å²) in [6, 6.07) is 1.75. The summed E-state index contributed by atoms with van der Waals surface area (Å²) < 4.78 is 10.1. The largest absolute Gasteiger partial charge is 0.496 e. The van der Waals surface area contributed by atoms with Gasteiger partial charge in [-0.15, -0.1) is 0 Å². The van der Waals surface area contributed by atoms with Gasteiger partial charge in [-0.05, 0) is 13.0 Å². The zero-order chi connectivity index (χ0) is 9.68. The fraction of sp³-hybridized carbons (Fsp3) is 0.444. The maximum absolute atomic E-state index is 5.44. The van der Waals surface area contributed by atoms with Gasteiger partial charge in [-0.25, -0.2) is 4.98 Å². The molecule has 0 atom stereocenters. The van der Waals surface area contributed by atoms with E-state index in [0.29, 0.717) is 12.4 Å². The lowest BCUT2D eigenvalue weighted by molar-refractivity contribution is 0.379. The molecule has 0 bridgehead atoms. The van der Waals surface area contributed by atoms with Gasteiger partial charge in [0, 0.05) is 17.8 Å². The van der Waals surface area contributed by atoms with Crippen molar-refractivity contribution >= 4 is 0 Å². The lowest BCUT2D eigenvalue weighted by Gasteiger charge is -2.07. The van der Waals surface area contributed by atoms with Crippen LogP contribution in [0.4, 0.5) is 0 Å². The van der Waals surface area contributed by atoms with Crippen LogP contribution in [-0.2, 0) is 6.42 Å². The number of hydrogen-bond acceptors (Lipinski definition) is 4. The minimum Gasteiger partial charge on any atom is -0.496 e. The molecule has 0 saturated heterocycles. The average Bonchev–Trinajstić information content (AvgIpc) is 2.19. The van der Waals surface area contributed by atoms with Crippen LogP contribution in [0.1, 0.15) is 5.56 Å². The van der Waals surface area contributed by atoms with E-state index in [0.717, 1.165) is 17.7 Å². The van der Waals surface area contributed by atoms with Gasteiger partial charge in [0.05, 0.1) is 14.2 Å². The summed E-state index contributed by atoms with van der Waals surface area (Å²) in [5.41, 5.74) is 6.45. The number of methoxy groups -OCH3 is 2. The summed E-state index contributed by atoms with van der Waals surface area (Å²) in [6.45, 7) is 0.588. The molecule has 0 aliphatic heterocycles. The van der Waals surface area contributed by atoms with E-state index >= 15 is 0 Å². The summed E-state index contributed by atoms with van der Waals surface area (Å²) >= 11 is 0. The monoisotopic (exact) mass is 182 g/mol. The van der Waals surface area contributed by atoms with Crippen LogP contribution in [0.15, 0.2) is 12.3 Å². The van der Waals surface area contributed by atoms with Crippen molar-refractivity contribution in [1.29, 1.82) is 0 Å². The first-order valence-electron chi connectivity index (χ1n) is 4.08. The molecule has 0 aliphatic carbocycles. The second-order valence-corrected chi connectivity index (χ2v) is 2.58. The van der Waals surface area contributed by atoms with Crippen molar-refractivity contribution in [3.05, 3.63) is 17.8 Å². The maximum atomic E-state index is 5.44. The summed E-state index contributed by atoms with van der Waals surface area (Å²) in [5.74, 6) is 1.33. The predicted octanol–water partition coefficient (Wildman–Crippen LogP) is 0.600. The van der Waals surface area contributed by atoms with Gasteiger partial charge in [-0.1, -0.05) is 0 Å². The number of nitrogens with two attached hydrogens (primary N) is 1. The molecule has 0 saturated carbocycles. The minimum absolute atomic E-state index is 0.553. The fourth-order valence-electron chi connectivity index (χ4n) is 1.09. The number of nitrogens with zero attached hydrogens (tertiary/aromatic N) is 1. The number of pyridine rings is 1. The number of rotatable bonds is 4. The number of aromatic nitrogens is 1. The van der Waals surface area contributed by atoms with Gasteiger partial charge >= 0.3 is 0 Å². The second-order valence-electron chi connectivity index (χ2n) is 2.58. The second kappa shape index (κ2) is 4.67. The normalized spacial score (nSPS) is 9.77. The Labute approximate surface area is 77.7 Å². The highest BCUT2D eigenvalue weighted by molar-refractivity contribution is 5.35. The molecule has 0 radical (unpaired) electrons. The van der Waals surface area contributed by atoms with Crippen molar-refractivity contribution < 1.29 is 9.47 Å². The summed E-state index contributed by atoms with van der Waals surface area (Å²) in [4.78, 5) is 4.07. The molecule has 13 heavy (non-hydrogen) atoms. The van der Waals surface area contributed by atoms with Crippen molar-refractivity contribution in [3.63, 3.8) is 0 Å². The number of hydrogen-bond donors (Lipinski definition) is 1. The quantitative estimate of drug-likeness (QED) is 0.740. The van der Waals surface area contributed by atoms with Gasteiger partial charge in [0.25, 0.3) is 0 Å². The van der Waals surface area contributed by atoms with Crippen LogP contribution in [0.3, 0.4) is 0 Å². The lowest BCUT2D eigenvalue weighted by Crippen LogP contribution is -2.05. The fourth-order valence-corrected chi connectivity index (χ4v) is 1.09. The molecular weight excluding hydrogens is 168 g/mol. The first-order chi connectivity index (χ1) is 6.31. The average molecular weight is 182 g/mol. The Bertz CT molecular complexity index is 276. The minimum atomic E-state index is 0.553. The molecule has 0 aliphatic rings. The van der Waals surface area contributed by atoms with Crippen molar-refractivity contribution in [1.82, 2.24) is 4.98 Å². The smallest absolute Gasteiger partial charge is 0.216 e. The van der Waals surface area contributed by atoms with Gasteiger partial charge < -0.3 is 15.2 Å². The predicted molar refractivity (Wildman–Crippen MR) is 50.1 cm³/mol. The van der Waals surface area contributed by atoms with Crippen LogP contribution in [0.5, 0.6) is 11.6 Å². The summed E-state index contributed by atoms with van der Waals surface area (Å²) in [7, 11) is 3.19. The van der Waals surface area contributed by atoms with Gasteiger partial charge in [0.15, 0.2) is 0 Å². The Morgan fingerprint density at radius 3 is 2.69 bits per heavy atom. The highest BCUT2D eigenvalue weighted by atomic mass is 16.5. The molecule has 4 heteroatoms. The van der Waals surface area contributed by atoms with Crippen molar-refractivity contribution in [3.8, 4) is 11.6 Å². The molecule has 0 aromatic carbocycles. The summed E-state index contributed by atoms with van der Waals surface area (Å²) in [6.07, 6.45) is 2.49. The third kappa shape index (κ3) is 2.32. The van der Waals surface area contributed by atoms with Gasteiger partial charge in [-0.3, -0.25) is 0 Å². The van der Waals surface area contributed by atoms with E-state index in [-0.39, 0.29) is 0 Å². The zero-order valence-corrected chi connectivity index (χ0v) is 7.91. The van der Waals surface area contributed by atoms with E-state index in [1.165, 1.54) is 0 Å². The molecule has 0 unspecified atom stereocenters. The van der Waals surface area contributed by atoms with Crippen LogP contribution in [0.25, 0.3) is 0 Å². The van der Waals surface area contributed by atoms with Crippen molar-refractivity contribution in [2.75, 3.05) is 20.8 Å². The molecule has 4 nitrogen and oxygen atoms in total. The van der Waals surface area contributed by atoms with E-state index in [1.807, 2.05) is 0 Å². The van der Waals surface area contributed by atoms with E-state index < -0.39 is 0 Å². The first kappa shape index (κ1) is 9.80. The van der Waals surface area contributed by atoms with Crippen LogP contribution < -0.4 is 15.2 Å². The van der Waals surface area contributed by atoms with Gasteiger partial charge in [0.2, 0.25) is 5.88 Å². The topological polar surface area (TPSA) is 57.4 Å². The van der Waals surface area contributed by atoms with Crippen LogP contribution in [0, 0.1) is 0 Å². The lowest BCUT2D eigenvalue weighted by atomic mass is 10.2. The van der Waals surface area contributed by atoms with Crippen LogP contribution in [-0.4, -0.2) is 25.7 Å². The molecule has 2 N–H and O–H groups in total. The van der Waals surface area contributed by atoms with Crippen molar-refractivity contribution in [2.24, 2.45) is 5.73 Å². The van der Waals surface area contributed by atoms with Crippen molar-refractivity contribution in [2.45, 2.75) is 6.42 Å². The van der Waals surface area contributed by atoms with Gasteiger partial charge in [0.1, 0.15) is 5.75 Å². The van der Waals surface area contributed by atoms with Gasteiger partial charge in [-0.2, -0.15) is 0 Å². The molecule has 0 fully saturated rings. The first-order valence-corrected chi connectivity index (χ1v) is 4.08. The third-order valence-corrected chi connectivity index (χ3v) is 1.76. The molecule has 72 valence electrons.